The van der Waals surface area contributed by atoms with Crippen molar-refractivity contribution < 1.29 is 26.6 Å². The highest BCUT2D eigenvalue weighted by molar-refractivity contribution is 7.86. The molecule has 138 valence electrons. The number of halogens is 2. The number of carbonyl (C=O) groups excluding carboxylic acids is 2. The van der Waals surface area contributed by atoms with Gasteiger partial charge in [-0.25, -0.2) is 4.39 Å². The topological polar surface area (TPSA) is 102 Å². The van der Waals surface area contributed by atoms with E-state index in [9.17, 15) is 22.4 Å². The minimum Gasteiger partial charge on any atom is -0.324 e. The molecule has 2 aromatic carbocycles. The maximum absolute atomic E-state index is 13.1. The summed E-state index contributed by atoms with van der Waals surface area (Å²) in [7, 11) is -3.74. The molecule has 0 radical (unpaired) electrons. The Morgan fingerprint density at radius 3 is 2.46 bits per heavy atom. The molecule has 0 saturated heterocycles. The van der Waals surface area contributed by atoms with Crippen molar-refractivity contribution in [1.29, 1.82) is 0 Å². The molecule has 0 spiro atoms. The lowest BCUT2D eigenvalue weighted by Crippen LogP contribution is -2.20. The first-order chi connectivity index (χ1) is 12.1. The Balaban J connectivity index is 2.04. The van der Waals surface area contributed by atoms with Gasteiger partial charge in [-0.1, -0.05) is 17.7 Å². The number of carbonyl (C=O) groups is 2. The van der Waals surface area contributed by atoms with E-state index in [-0.39, 0.29) is 16.3 Å². The minimum atomic E-state index is -3.74. The fraction of sp³-hybridized carbons (Fsp3) is 0.125. The van der Waals surface area contributed by atoms with E-state index in [0.717, 1.165) is 12.3 Å². The largest absolute Gasteiger partial charge is 0.324 e. The molecule has 0 unspecified atom stereocenters. The summed E-state index contributed by atoms with van der Waals surface area (Å²) in [5.74, 6) is -1.81. The summed E-state index contributed by atoms with van der Waals surface area (Å²) in [4.78, 5) is 23.9. The van der Waals surface area contributed by atoms with Gasteiger partial charge in [-0.15, -0.1) is 0 Å². The number of nitrogens with one attached hydrogen (secondary N) is 2. The van der Waals surface area contributed by atoms with Crippen LogP contribution in [-0.2, 0) is 19.1 Å². The van der Waals surface area contributed by atoms with Crippen LogP contribution in [0.4, 0.5) is 15.8 Å². The molecule has 26 heavy (non-hydrogen) atoms. The molecular formula is C16H14ClFN2O5S. The van der Waals surface area contributed by atoms with E-state index >= 15 is 0 Å². The van der Waals surface area contributed by atoms with Crippen LogP contribution in [-0.4, -0.2) is 33.1 Å². The smallest absolute Gasteiger partial charge is 0.264 e. The first-order valence-electron chi connectivity index (χ1n) is 7.15. The van der Waals surface area contributed by atoms with Gasteiger partial charge in [-0.2, -0.15) is 8.42 Å². The van der Waals surface area contributed by atoms with Gasteiger partial charge in [0.15, 0.2) is 0 Å². The van der Waals surface area contributed by atoms with Crippen LogP contribution in [0.2, 0.25) is 5.02 Å². The fourth-order valence-electron chi connectivity index (χ4n) is 1.87. The SMILES string of the molecule is CS(=O)(=O)OCC(=O)Nc1cccc(C(=O)Nc2ccc(F)c(Cl)c2)c1. The van der Waals surface area contributed by atoms with Gasteiger partial charge in [-0.3, -0.25) is 13.8 Å². The summed E-state index contributed by atoms with van der Waals surface area (Å²) < 4.78 is 39.2. The molecule has 0 aliphatic heterocycles. The quantitative estimate of drug-likeness (QED) is 0.726. The Hall–Kier alpha value is -2.49. The number of benzene rings is 2. The van der Waals surface area contributed by atoms with Crippen LogP contribution in [0.25, 0.3) is 0 Å². The summed E-state index contributed by atoms with van der Waals surface area (Å²) in [6.45, 7) is -0.677. The first kappa shape index (κ1) is 19.8. The Morgan fingerprint density at radius 2 is 1.81 bits per heavy atom. The van der Waals surface area contributed by atoms with Crippen LogP contribution in [0.15, 0.2) is 42.5 Å². The van der Waals surface area contributed by atoms with E-state index in [1.54, 1.807) is 0 Å². The summed E-state index contributed by atoms with van der Waals surface area (Å²) >= 11 is 5.66. The molecule has 2 N–H and O–H groups in total. The van der Waals surface area contributed by atoms with Gasteiger partial charge < -0.3 is 10.6 Å². The molecule has 2 aromatic rings. The van der Waals surface area contributed by atoms with Crippen LogP contribution in [0.5, 0.6) is 0 Å². The van der Waals surface area contributed by atoms with E-state index in [1.807, 2.05) is 0 Å². The molecule has 0 aliphatic carbocycles. The van der Waals surface area contributed by atoms with Crippen molar-refractivity contribution in [1.82, 2.24) is 0 Å². The van der Waals surface area contributed by atoms with Crippen molar-refractivity contribution in [2.24, 2.45) is 0 Å². The van der Waals surface area contributed by atoms with Gasteiger partial charge in [0.1, 0.15) is 12.4 Å². The summed E-state index contributed by atoms with van der Waals surface area (Å²) in [5, 5.41) is 4.83. The molecule has 2 rings (SSSR count). The zero-order valence-electron chi connectivity index (χ0n) is 13.5. The zero-order valence-corrected chi connectivity index (χ0v) is 15.0. The Bertz CT molecular complexity index is 949. The average Bonchev–Trinajstić information content (AvgIpc) is 2.56. The number of rotatable bonds is 6. The third-order valence-electron chi connectivity index (χ3n) is 2.99. The van der Waals surface area contributed by atoms with Gasteiger partial charge in [-0.05, 0) is 36.4 Å². The molecule has 0 saturated carbocycles. The monoisotopic (exact) mass is 400 g/mol. The van der Waals surface area contributed by atoms with Gasteiger partial charge in [0, 0.05) is 16.9 Å². The lowest BCUT2D eigenvalue weighted by atomic mass is 10.2. The maximum atomic E-state index is 13.1. The zero-order chi connectivity index (χ0) is 19.3. The average molecular weight is 401 g/mol. The predicted octanol–water partition coefficient (Wildman–Crippen LogP) is 2.65. The summed E-state index contributed by atoms with van der Waals surface area (Å²) in [6.07, 6.45) is 0.826. The summed E-state index contributed by atoms with van der Waals surface area (Å²) in [5.41, 5.74) is 0.793. The van der Waals surface area contributed by atoms with E-state index in [4.69, 9.17) is 11.6 Å². The van der Waals surface area contributed by atoms with Crippen molar-refractivity contribution in [2.75, 3.05) is 23.5 Å². The molecule has 7 nitrogen and oxygen atoms in total. The third kappa shape index (κ3) is 6.10. The minimum absolute atomic E-state index is 0.130. The predicted molar refractivity (Wildman–Crippen MR) is 95.2 cm³/mol. The van der Waals surface area contributed by atoms with Crippen LogP contribution in [0.1, 0.15) is 10.4 Å². The standard InChI is InChI=1S/C16H14ClFN2O5S/c1-26(23,24)25-9-15(21)19-11-4-2-3-10(7-11)16(22)20-12-5-6-14(18)13(17)8-12/h2-8H,9H2,1H3,(H,19,21)(H,20,22). The fourth-order valence-corrected chi connectivity index (χ4v) is 2.37. The van der Waals surface area contributed by atoms with Crippen LogP contribution in [0, 0.1) is 5.82 Å². The molecule has 0 aromatic heterocycles. The van der Waals surface area contributed by atoms with E-state index in [1.165, 1.54) is 36.4 Å². The normalized spacial score (nSPS) is 11.0. The molecule has 0 fully saturated rings. The van der Waals surface area contributed by atoms with E-state index in [2.05, 4.69) is 14.8 Å². The molecule has 2 amide bonds. The second-order valence-corrected chi connectivity index (χ2v) is 7.23. The van der Waals surface area contributed by atoms with Crippen molar-refractivity contribution in [3.8, 4) is 0 Å². The molecule has 0 atom stereocenters. The van der Waals surface area contributed by atoms with Crippen LogP contribution >= 0.6 is 11.6 Å². The highest BCUT2D eigenvalue weighted by Gasteiger charge is 2.11. The van der Waals surface area contributed by atoms with Crippen molar-refractivity contribution >= 4 is 44.9 Å². The number of hydrogen-bond donors (Lipinski definition) is 2. The number of anilines is 2. The van der Waals surface area contributed by atoms with Crippen LogP contribution in [0.3, 0.4) is 0 Å². The molecule has 10 heteroatoms. The first-order valence-corrected chi connectivity index (χ1v) is 9.34. The van der Waals surface area contributed by atoms with Crippen molar-refractivity contribution in [3.05, 3.63) is 58.9 Å². The Morgan fingerprint density at radius 1 is 1.12 bits per heavy atom. The second-order valence-electron chi connectivity index (χ2n) is 5.18. The highest BCUT2D eigenvalue weighted by atomic mass is 35.5. The summed E-state index contributed by atoms with van der Waals surface area (Å²) in [6, 6.07) is 9.68. The van der Waals surface area contributed by atoms with Crippen molar-refractivity contribution in [3.63, 3.8) is 0 Å². The van der Waals surface area contributed by atoms with E-state index < -0.39 is 34.4 Å². The van der Waals surface area contributed by atoms with Crippen molar-refractivity contribution in [2.45, 2.75) is 0 Å². The highest BCUT2D eigenvalue weighted by Crippen LogP contribution is 2.20. The van der Waals surface area contributed by atoms with Gasteiger partial charge in [0.05, 0.1) is 11.3 Å². The maximum Gasteiger partial charge on any atom is 0.264 e. The van der Waals surface area contributed by atoms with Gasteiger partial charge in [0.25, 0.3) is 21.9 Å². The second kappa shape index (κ2) is 8.26. The van der Waals surface area contributed by atoms with Gasteiger partial charge >= 0.3 is 0 Å². The number of hydrogen-bond acceptors (Lipinski definition) is 5. The third-order valence-corrected chi connectivity index (χ3v) is 3.83. The lowest BCUT2D eigenvalue weighted by Gasteiger charge is -2.09. The molecule has 0 aliphatic rings. The molecular weight excluding hydrogens is 387 g/mol. The number of amides is 2. The van der Waals surface area contributed by atoms with Crippen LogP contribution < -0.4 is 10.6 Å². The molecule has 0 bridgehead atoms. The Kier molecular flexibility index (Phi) is 6.30. The van der Waals surface area contributed by atoms with Gasteiger partial charge in [0.2, 0.25) is 0 Å². The molecule has 0 heterocycles. The Labute approximate surface area is 154 Å². The lowest BCUT2D eigenvalue weighted by molar-refractivity contribution is -0.118. The van der Waals surface area contributed by atoms with E-state index in [0.29, 0.717) is 5.69 Å².